The molecule has 2 aromatic carbocycles. The summed E-state index contributed by atoms with van der Waals surface area (Å²) in [7, 11) is 1.60. The maximum atomic E-state index is 6.23. The van der Waals surface area contributed by atoms with Crippen LogP contribution in [0, 0.1) is 6.92 Å². The molecule has 0 amide bonds. The van der Waals surface area contributed by atoms with Gasteiger partial charge in [-0.1, -0.05) is 23.7 Å². The maximum Gasteiger partial charge on any atom is 0.137 e. The smallest absolute Gasteiger partial charge is 0.137 e. The van der Waals surface area contributed by atoms with Crippen molar-refractivity contribution < 1.29 is 4.74 Å². The van der Waals surface area contributed by atoms with Gasteiger partial charge in [0.25, 0.3) is 0 Å². The largest absolute Gasteiger partial charge is 0.495 e. The molecule has 0 aliphatic heterocycles. The molecule has 0 N–H and O–H groups in total. The quantitative estimate of drug-likeness (QED) is 0.652. The van der Waals surface area contributed by atoms with Gasteiger partial charge in [-0.3, -0.25) is 4.57 Å². The van der Waals surface area contributed by atoms with E-state index in [-0.39, 0.29) is 0 Å². The van der Waals surface area contributed by atoms with Gasteiger partial charge in [0.1, 0.15) is 11.6 Å². The molecule has 0 aliphatic carbocycles. The summed E-state index contributed by atoms with van der Waals surface area (Å²) in [6, 6.07) is 11.7. The number of ether oxygens (including phenoxy) is 1. The van der Waals surface area contributed by atoms with Crippen LogP contribution in [0.1, 0.15) is 11.4 Å². The Balaban J connectivity index is 2.28. The molecule has 0 atom stereocenters. The molecule has 5 heteroatoms. The third-order valence-corrected chi connectivity index (χ3v) is 4.00. The van der Waals surface area contributed by atoms with Crippen molar-refractivity contribution in [1.82, 2.24) is 9.55 Å². The van der Waals surface area contributed by atoms with Crippen LogP contribution in [0.2, 0.25) is 5.02 Å². The molecule has 0 bridgehead atoms. The average molecular weight is 321 g/mol. The molecule has 0 saturated heterocycles. The molecule has 0 unspecified atom stereocenters. The van der Waals surface area contributed by atoms with Crippen molar-refractivity contribution in [2.45, 2.75) is 12.8 Å². The number of methoxy groups -OCH3 is 1. The molecule has 1 heterocycles. The number of hydrogen-bond donors (Lipinski definition) is 0. The first-order chi connectivity index (χ1) is 10.2. The molecule has 0 radical (unpaired) electrons. The van der Waals surface area contributed by atoms with Crippen molar-refractivity contribution in [1.29, 1.82) is 0 Å². The van der Waals surface area contributed by atoms with Crippen molar-refractivity contribution in [3.63, 3.8) is 0 Å². The first-order valence-electron chi connectivity index (χ1n) is 6.52. The summed E-state index contributed by atoms with van der Waals surface area (Å²) in [4.78, 5) is 4.64. The standard InChI is InChI=1S/C16H14Cl2N2O/c1-10-4-3-5-13-16(10)19-15(9-17)20(13)11-6-7-14(21-2)12(18)8-11/h3-8H,9H2,1-2H3. The molecule has 3 nitrogen and oxygen atoms in total. The van der Waals surface area contributed by atoms with E-state index in [9.17, 15) is 0 Å². The molecule has 3 rings (SSSR count). The van der Waals surface area contributed by atoms with Crippen LogP contribution in [-0.2, 0) is 5.88 Å². The van der Waals surface area contributed by atoms with Gasteiger partial charge in [0, 0.05) is 5.69 Å². The number of benzene rings is 2. The van der Waals surface area contributed by atoms with Gasteiger partial charge in [-0.15, -0.1) is 11.6 Å². The number of hydrogen-bond acceptors (Lipinski definition) is 2. The third-order valence-electron chi connectivity index (χ3n) is 3.47. The Hall–Kier alpha value is -1.71. The van der Waals surface area contributed by atoms with E-state index in [1.807, 2.05) is 47.9 Å². The normalized spacial score (nSPS) is 11.0. The van der Waals surface area contributed by atoms with Crippen LogP contribution in [0.15, 0.2) is 36.4 Å². The Kier molecular flexibility index (Phi) is 3.79. The van der Waals surface area contributed by atoms with E-state index in [1.54, 1.807) is 7.11 Å². The summed E-state index contributed by atoms with van der Waals surface area (Å²) >= 11 is 12.3. The van der Waals surface area contributed by atoms with Crippen molar-refractivity contribution in [2.75, 3.05) is 7.11 Å². The lowest BCUT2D eigenvalue weighted by atomic mass is 10.2. The molecular weight excluding hydrogens is 307 g/mol. The lowest BCUT2D eigenvalue weighted by molar-refractivity contribution is 0.415. The highest BCUT2D eigenvalue weighted by molar-refractivity contribution is 6.32. The van der Waals surface area contributed by atoms with E-state index in [4.69, 9.17) is 27.9 Å². The minimum absolute atomic E-state index is 0.331. The predicted octanol–water partition coefficient (Wildman–Crippen LogP) is 4.73. The summed E-state index contributed by atoms with van der Waals surface area (Å²) in [5.74, 6) is 1.77. The molecule has 0 saturated carbocycles. The van der Waals surface area contributed by atoms with Crippen LogP contribution in [0.4, 0.5) is 0 Å². The summed E-state index contributed by atoms with van der Waals surface area (Å²) in [5.41, 5.74) is 4.02. The van der Waals surface area contributed by atoms with Gasteiger partial charge in [-0.2, -0.15) is 0 Å². The van der Waals surface area contributed by atoms with E-state index in [0.717, 1.165) is 28.1 Å². The zero-order valence-corrected chi connectivity index (χ0v) is 13.2. The van der Waals surface area contributed by atoms with E-state index in [0.29, 0.717) is 16.7 Å². The first-order valence-corrected chi connectivity index (χ1v) is 7.43. The fraction of sp³-hybridized carbons (Fsp3) is 0.188. The zero-order chi connectivity index (χ0) is 15.0. The topological polar surface area (TPSA) is 27.1 Å². The lowest BCUT2D eigenvalue weighted by Gasteiger charge is -2.10. The highest BCUT2D eigenvalue weighted by Crippen LogP contribution is 2.30. The second-order valence-corrected chi connectivity index (χ2v) is 5.43. The van der Waals surface area contributed by atoms with Gasteiger partial charge >= 0.3 is 0 Å². The van der Waals surface area contributed by atoms with Gasteiger partial charge in [-0.25, -0.2) is 4.98 Å². The van der Waals surface area contributed by atoms with Crippen LogP contribution in [0.5, 0.6) is 5.75 Å². The molecule has 0 fully saturated rings. The molecular formula is C16H14Cl2N2O. The summed E-state index contributed by atoms with van der Waals surface area (Å²) in [5, 5.41) is 0.560. The number of aromatic nitrogens is 2. The van der Waals surface area contributed by atoms with Crippen LogP contribution in [0.25, 0.3) is 16.7 Å². The minimum atomic E-state index is 0.331. The maximum absolute atomic E-state index is 6.23. The van der Waals surface area contributed by atoms with Crippen LogP contribution < -0.4 is 4.74 Å². The second kappa shape index (κ2) is 5.58. The molecule has 1 aromatic heterocycles. The molecule has 0 spiro atoms. The van der Waals surface area contributed by atoms with Crippen LogP contribution >= 0.6 is 23.2 Å². The lowest BCUT2D eigenvalue weighted by Crippen LogP contribution is -1.99. The Morgan fingerprint density at radius 3 is 2.71 bits per heavy atom. The molecule has 3 aromatic rings. The SMILES string of the molecule is COc1ccc(-n2c(CCl)nc3c(C)cccc32)cc1Cl. The number of para-hydroxylation sites is 1. The Bertz CT molecular complexity index is 811. The van der Waals surface area contributed by atoms with Gasteiger partial charge in [0.05, 0.1) is 29.0 Å². The fourth-order valence-corrected chi connectivity index (χ4v) is 2.89. The summed E-state index contributed by atoms with van der Waals surface area (Å²) < 4.78 is 7.23. The number of fused-ring (bicyclic) bond motifs is 1. The number of halogens is 2. The Morgan fingerprint density at radius 2 is 2.05 bits per heavy atom. The number of imidazole rings is 1. The van der Waals surface area contributed by atoms with Crippen LogP contribution in [-0.4, -0.2) is 16.7 Å². The highest BCUT2D eigenvalue weighted by atomic mass is 35.5. The Labute approximate surface area is 133 Å². The number of alkyl halides is 1. The predicted molar refractivity (Wildman–Crippen MR) is 86.9 cm³/mol. The van der Waals surface area contributed by atoms with Crippen molar-refractivity contribution >= 4 is 34.2 Å². The van der Waals surface area contributed by atoms with Crippen molar-refractivity contribution in [3.8, 4) is 11.4 Å². The number of aryl methyl sites for hydroxylation is 1. The minimum Gasteiger partial charge on any atom is -0.495 e. The Morgan fingerprint density at radius 1 is 1.24 bits per heavy atom. The van der Waals surface area contributed by atoms with Gasteiger partial charge in [0.15, 0.2) is 0 Å². The highest BCUT2D eigenvalue weighted by Gasteiger charge is 2.14. The van der Waals surface area contributed by atoms with Gasteiger partial charge in [-0.05, 0) is 36.8 Å². The third kappa shape index (κ3) is 2.37. The second-order valence-electron chi connectivity index (χ2n) is 4.76. The number of nitrogens with zero attached hydrogens (tertiary/aromatic N) is 2. The number of rotatable bonds is 3. The summed E-state index contributed by atoms with van der Waals surface area (Å²) in [6.45, 7) is 2.04. The fourth-order valence-electron chi connectivity index (χ4n) is 2.46. The van der Waals surface area contributed by atoms with Gasteiger partial charge in [0.2, 0.25) is 0 Å². The van der Waals surface area contributed by atoms with Crippen molar-refractivity contribution in [3.05, 3.63) is 52.8 Å². The monoisotopic (exact) mass is 320 g/mol. The van der Waals surface area contributed by atoms with E-state index < -0.39 is 0 Å². The zero-order valence-electron chi connectivity index (χ0n) is 11.7. The molecule has 108 valence electrons. The van der Waals surface area contributed by atoms with E-state index in [1.165, 1.54) is 0 Å². The van der Waals surface area contributed by atoms with Crippen molar-refractivity contribution in [2.24, 2.45) is 0 Å². The molecule has 21 heavy (non-hydrogen) atoms. The van der Waals surface area contributed by atoms with E-state index in [2.05, 4.69) is 4.98 Å². The first kappa shape index (κ1) is 14.2. The average Bonchev–Trinajstić information content (AvgIpc) is 2.87. The van der Waals surface area contributed by atoms with Gasteiger partial charge < -0.3 is 4.74 Å². The van der Waals surface area contributed by atoms with E-state index >= 15 is 0 Å². The van der Waals surface area contributed by atoms with Crippen LogP contribution in [0.3, 0.4) is 0 Å². The summed E-state index contributed by atoms with van der Waals surface area (Å²) in [6.07, 6.45) is 0. The molecule has 0 aliphatic rings.